The van der Waals surface area contributed by atoms with Gasteiger partial charge in [-0.25, -0.2) is 0 Å². The highest BCUT2D eigenvalue weighted by Gasteiger charge is 2.41. The molecule has 0 aromatic carbocycles. The van der Waals surface area contributed by atoms with Gasteiger partial charge in [0.1, 0.15) is 11.1 Å². The number of hydrogen-bond acceptors (Lipinski definition) is 5. The Hall–Kier alpha value is -1.51. The van der Waals surface area contributed by atoms with Crippen molar-refractivity contribution in [3.63, 3.8) is 0 Å². The van der Waals surface area contributed by atoms with Crippen LogP contribution in [0.4, 0.5) is 9.83 Å². The molecule has 1 aromatic heterocycles. The molecule has 7 nitrogen and oxygen atoms in total. The summed E-state index contributed by atoms with van der Waals surface area (Å²) in [6, 6.07) is 0. The van der Waals surface area contributed by atoms with Crippen LogP contribution in [0.2, 0.25) is 0 Å². The van der Waals surface area contributed by atoms with Gasteiger partial charge in [0.05, 0.1) is 0 Å². The molecule has 2 aliphatic rings. The summed E-state index contributed by atoms with van der Waals surface area (Å²) in [4.78, 5) is 16.9. The van der Waals surface area contributed by atoms with Gasteiger partial charge in [0.15, 0.2) is 0 Å². The molecule has 1 saturated carbocycles. The van der Waals surface area contributed by atoms with Gasteiger partial charge in [-0.15, -0.1) is 8.98 Å². The van der Waals surface area contributed by atoms with E-state index in [0.717, 1.165) is 17.7 Å². The fraction of sp³-hybridized carbons (Fsp3) is 0.667. The van der Waals surface area contributed by atoms with Crippen LogP contribution in [-0.4, -0.2) is 41.3 Å². The van der Waals surface area contributed by atoms with Gasteiger partial charge >= 0.3 is 10.2 Å². The lowest BCUT2D eigenvalue weighted by molar-refractivity contribution is -0.117. The molecule has 0 spiro atoms. The molecular weight excluding hydrogens is 263 g/mol. The number of H-pyrrole nitrogens is 1. The van der Waals surface area contributed by atoms with Crippen LogP contribution in [0, 0.1) is 0 Å². The van der Waals surface area contributed by atoms with E-state index in [9.17, 15) is 17.1 Å². The van der Waals surface area contributed by atoms with Gasteiger partial charge in [-0.1, -0.05) is 0 Å². The molecule has 0 bridgehead atoms. The zero-order valence-electron chi connectivity index (χ0n) is 9.34. The molecule has 1 atom stereocenters. The van der Waals surface area contributed by atoms with E-state index < -0.39 is 21.4 Å². The van der Waals surface area contributed by atoms with Crippen molar-refractivity contribution in [3.05, 3.63) is 5.82 Å². The highest BCUT2D eigenvalue weighted by atomic mass is 32.3. The molecule has 9 heteroatoms. The molecule has 1 N–H and O–H groups in total. The maximum Gasteiger partial charge on any atom is 0.307 e. The number of rotatable bonds is 3. The largest absolute Gasteiger partial charge is 0.307 e. The summed E-state index contributed by atoms with van der Waals surface area (Å²) in [5.41, 5.74) is 0. The first-order valence-corrected chi connectivity index (χ1v) is 7.06. The lowest BCUT2D eigenvalue weighted by Gasteiger charge is -2.09. The minimum Gasteiger partial charge on any atom is -0.278 e. The predicted molar refractivity (Wildman–Crippen MR) is 59.1 cm³/mol. The van der Waals surface area contributed by atoms with E-state index in [-0.39, 0.29) is 18.9 Å². The Morgan fingerprint density at radius 1 is 1.39 bits per heavy atom. The smallest absolute Gasteiger partial charge is 0.278 e. The van der Waals surface area contributed by atoms with Crippen LogP contribution in [0.25, 0.3) is 0 Å². The topological polar surface area (TPSA) is 96.0 Å². The number of anilines is 1. The van der Waals surface area contributed by atoms with Crippen molar-refractivity contribution in [3.8, 4) is 0 Å². The zero-order valence-corrected chi connectivity index (χ0v) is 10.2. The molecule has 3 rings (SSSR count). The average molecular weight is 274 g/mol. The van der Waals surface area contributed by atoms with Crippen LogP contribution in [-0.2, 0) is 15.0 Å². The van der Waals surface area contributed by atoms with Crippen LogP contribution in [0.15, 0.2) is 0 Å². The Morgan fingerprint density at radius 2 is 2.11 bits per heavy atom. The van der Waals surface area contributed by atoms with Crippen molar-refractivity contribution >= 4 is 22.1 Å². The number of carbonyl (C=O) groups is 1. The van der Waals surface area contributed by atoms with E-state index in [1.165, 1.54) is 0 Å². The van der Waals surface area contributed by atoms with Gasteiger partial charge < -0.3 is 0 Å². The van der Waals surface area contributed by atoms with Crippen molar-refractivity contribution in [1.29, 1.82) is 0 Å². The van der Waals surface area contributed by atoms with Gasteiger partial charge in [-0.05, 0) is 12.8 Å². The highest BCUT2D eigenvalue weighted by molar-refractivity contribution is 7.87. The maximum atomic E-state index is 12.8. The fourth-order valence-corrected chi connectivity index (χ4v) is 2.65. The molecular formula is C9H11FN4O3S. The number of nitrogens with zero attached hydrogens (tertiary/aromatic N) is 3. The molecule has 1 unspecified atom stereocenters. The van der Waals surface area contributed by atoms with Crippen molar-refractivity contribution in [2.45, 2.75) is 30.4 Å². The quantitative estimate of drug-likeness (QED) is 0.788. The Labute approximate surface area is 103 Å². The Morgan fingerprint density at radius 3 is 2.67 bits per heavy atom. The van der Waals surface area contributed by atoms with Crippen LogP contribution in [0.5, 0.6) is 0 Å². The van der Waals surface area contributed by atoms with Crippen LogP contribution in [0.3, 0.4) is 0 Å². The van der Waals surface area contributed by atoms with E-state index in [1.807, 2.05) is 0 Å². The van der Waals surface area contributed by atoms with Gasteiger partial charge in [0.25, 0.3) is 5.95 Å². The standard InChI is InChI=1S/C9H11FN4O3S/c10-18(16,17)6-3-7(15)14(4-6)9-11-8(12-13-9)5-1-2-5/h5-6H,1-4H2,(H,11,12,13). The molecule has 1 aliphatic carbocycles. The highest BCUT2D eigenvalue weighted by Crippen LogP contribution is 2.38. The normalized spacial score (nSPS) is 24.8. The van der Waals surface area contributed by atoms with Crippen LogP contribution < -0.4 is 4.90 Å². The number of hydrogen-bond donors (Lipinski definition) is 1. The lowest BCUT2D eigenvalue weighted by atomic mass is 10.4. The van der Waals surface area contributed by atoms with Gasteiger partial charge in [-0.2, -0.15) is 13.4 Å². The minimum absolute atomic E-state index is 0.132. The summed E-state index contributed by atoms with van der Waals surface area (Å²) in [6.45, 7) is -0.223. The lowest BCUT2D eigenvalue weighted by Crippen LogP contribution is -2.27. The van der Waals surface area contributed by atoms with Gasteiger partial charge in [0, 0.05) is 18.9 Å². The molecule has 98 valence electrons. The number of aromatic nitrogens is 3. The number of carbonyl (C=O) groups excluding carboxylic acids is 1. The first-order chi connectivity index (χ1) is 8.45. The molecule has 2 heterocycles. The van der Waals surface area contributed by atoms with Gasteiger partial charge in [-0.3, -0.25) is 14.8 Å². The third-order valence-corrected chi connectivity index (χ3v) is 4.30. The summed E-state index contributed by atoms with van der Waals surface area (Å²) in [5.74, 6) is 0.713. The van der Waals surface area contributed by atoms with Crippen LogP contribution in [0.1, 0.15) is 31.0 Å². The SMILES string of the molecule is O=C1CC(S(=O)(=O)F)CN1c1n[nH]c(C2CC2)n1. The van der Waals surface area contributed by atoms with Crippen molar-refractivity contribution in [1.82, 2.24) is 15.2 Å². The van der Waals surface area contributed by atoms with Crippen molar-refractivity contribution < 1.29 is 17.1 Å². The number of nitrogens with one attached hydrogen (secondary N) is 1. The molecule has 18 heavy (non-hydrogen) atoms. The monoisotopic (exact) mass is 274 g/mol. The second-order valence-electron chi connectivity index (χ2n) is 4.60. The number of halogens is 1. The minimum atomic E-state index is -4.70. The average Bonchev–Trinajstić information content (AvgIpc) is 2.86. The molecule has 2 fully saturated rings. The first kappa shape index (κ1) is 11.6. The summed E-state index contributed by atoms with van der Waals surface area (Å²) in [5, 5.41) is 5.29. The molecule has 0 radical (unpaired) electrons. The number of amides is 1. The summed E-state index contributed by atoms with van der Waals surface area (Å²) < 4.78 is 34.4. The van der Waals surface area contributed by atoms with Crippen molar-refractivity contribution in [2.75, 3.05) is 11.4 Å². The van der Waals surface area contributed by atoms with E-state index >= 15 is 0 Å². The molecule has 1 amide bonds. The van der Waals surface area contributed by atoms with Gasteiger partial charge in [0.2, 0.25) is 5.91 Å². The number of aromatic amines is 1. The van der Waals surface area contributed by atoms with E-state index in [1.54, 1.807) is 0 Å². The second kappa shape index (κ2) is 3.74. The summed E-state index contributed by atoms with van der Waals surface area (Å²) in [7, 11) is -4.70. The summed E-state index contributed by atoms with van der Waals surface area (Å²) in [6.07, 6.45) is 1.71. The van der Waals surface area contributed by atoms with E-state index in [4.69, 9.17) is 0 Å². The maximum absolute atomic E-state index is 12.8. The molecule has 1 aromatic rings. The third kappa shape index (κ3) is 1.98. The van der Waals surface area contributed by atoms with E-state index in [0.29, 0.717) is 11.7 Å². The predicted octanol–water partition coefficient (Wildman–Crippen LogP) is 0.0867. The first-order valence-electron chi connectivity index (χ1n) is 5.61. The fourth-order valence-electron chi connectivity index (χ4n) is 1.98. The Balaban J connectivity index is 1.81. The Kier molecular flexibility index (Phi) is 2.40. The molecule has 1 saturated heterocycles. The van der Waals surface area contributed by atoms with Crippen molar-refractivity contribution in [2.24, 2.45) is 0 Å². The van der Waals surface area contributed by atoms with E-state index in [2.05, 4.69) is 15.2 Å². The molecule has 1 aliphatic heterocycles. The zero-order chi connectivity index (χ0) is 12.9. The summed E-state index contributed by atoms with van der Waals surface area (Å²) >= 11 is 0. The third-order valence-electron chi connectivity index (χ3n) is 3.18. The second-order valence-corrected chi connectivity index (χ2v) is 6.22. The Bertz CT molecular complexity index is 595. The van der Waals surface area contributed by atoms with Crippen LogP contribution >= 0.6 is 0 Å².